The second-order valence-corrected chi connectivity index (χ2v) is 8.05. The monoisotopic (exact) mass is 392 g/mol. The van der Waals surface area contributed by atoms with Gasteiger partial charge < -0.3 is 19.7 Å². The van der Waals surface area contributed by atoms with Crippen molar-refractivity contribution < 1.29 is 14.3 Å². The molecule has 27 heavy (non-hydrogen) atoms. The van der Waals surface area contributed by atoms with Crippen LogP contribution in [0.1, 0.15) is 27.2 Å². The number of hydrogen-bond donors (Lipinski definition) is 1. The molecule has 0 aliphatic carbocycles. The summed E-state index contributed by atoms with van der Waals surface area (Å²) >= 11 is 6.00. The predicted molar refractivity (Wildman–Crippen MR) is 99.6 cm³/mol. The lowest BCUT2D eigenvalue weighted by atomic mass is 10.1. The minimum absolute atomic E-state index is 0.0361. The summed E-state index contributed by atoms with van der Waals surface area (Å²) in [7, 11) is 0. The van der Waals surface area contributed by atoms with Crippen LogP contribution in [0.2, 0.25) is 5.15 Å². The number of fused-ring (bicyclic) bond motifs is 3. The number of carbonyl (C=O) groups is 1. The smallest absolute Gasteiger partial charge is 0.435 e. The van der Waals surface area contributed by atoms with E-state index < -0.39 is 11.7 Å². The maximum atomic E-state index is 12.1. The number of halogens is 1. The molecule has 2 aromatic rings. The molecule has 4 rings (SSSR count). The van der Waals surface area contributed by atoms with E-state index in [1.165, 1.54) is 6.20 Å². The highest BCUT2D eigenvalue weighted by Gasteiger charge is 2.38. The lowest BCUT2D eigenvalue weighted by Gasteiger charge is -2.32. The summed E-state index contributed by atoms with van der Waals surface area (Å²) in [6.07, 6.45) is 3.33. The average Bonchev–Trinajstić information content (AvgIpc) is 3.20. The molecule has 0 amide bonds. The quantitative estimate of drug-likeness (QED) is 0.833. The fourth-order valence-corrected chi connectivity index (χ4v) is 3.48. The van der Waals surface area contributed by atoms with Crippen LogP contribution in [0.5, 0.6) is 5.75 Å². The lowest BCUT2D eigenvalue weighted by molar-refractivity contribution is 0.0513. The van der Waals surface area contributed by atoms with Crippen LogP contribution in [0.15, 0.2) is 18.5 Å². The van der Waals surface area contributed by atoms with Gasteiger partial charge in [-0.15, -0.1) is 10.2 Å². The second kappa shape index (κ2) is 6.56. The van der Waals surface area contributed by atoms with E-state index in [2.05, 4.69) is 25.5 Å². The highest BCUT2D eigenvalue weighted by Crippen LogP contribution is 2.36. The molecule has 0 spiro atoms. The first kappa shape index (κ1) is 17.8. The van der Waals surface area contributed by atoms with Crippen LogP contribution in [0.4, 0.5) is 16.3 Å². The van der Waals surface area contributed by atoms with E-state index >= 15 is 0 Å². The summed E-state index contributed by atoms with van der Waals surface area (Å²) in [4.78, 5) is 14.3. The molecule has 2 atom stereocenters. The third kappa shape index (κ3) is 3.78. The van der Waals surface area contributed by atoms with Gasteiger partial charge in [-0.25, -0.2) is 4.79 Å². The molecule has 4 heterocycles. The van der Waals surface area contributed by atoms with Gasteiger partial charge in [0.05, 0.1) is 30.7 Å². The Bertz CT molecular complexity index is 865. The van der Waals surface area contributed by atoms with E-state index in [4.69, 9.17) is 21.1 Å². The third-order valence-electron chi connectivity index (χ3n) is 4.38. The summed E-state index contributed by atoms with van der Waals surface area (Å²) in [5, 5.41) is 15.7. The molecule has 10 heteroatoms. The highest BCUT2D eigenvalue weighted by molar-refractivity contribution is 6.29. The molecular weight excluding hydrogens is 372 g/mol. The van der Waals surface area contributed by atoms with E-state index in [1.807, 2.05) is 26.8 Å². The van der Waals surface area contributed by atoms with Crippen molar-refractivity contribution in [2.75, 3.05) is 23.3 Å². The number of carbonyl (C=O) groups excluding carboxylic acids is 1. The van der Waals surface area contributed by atoms with Crippen molar-refractivity contribution in [3.8, 4) is 5.75 Å². The molecule has 0 unspecified atom stereocenters. The highest BCUT2D eigenvalue weighted by atomic mass is 35.5. The number of rotatable bonds is 2. The van der Waals surface area contributed by atoms with Gasteiger partial charge in [0.15, 0.2) is 16.7 Å². The largest absolute Gasteiger partial charge is 0.485 e. The van der Waals surface area contributed by atoms with Crippen molar-refractivity contribution in [3.05, 3.63) is 23.6 Å². The Labute approximate surface area is 161 Å². The van der Waals surface area contributed by atoms with Gasteiger partial charge in [0.2, 0.25) is 0 Å². The number of nitrogens with one attached hydrogen (secondary N) is 1. The Hall–Kier alpha value is -2.55. The summed E-state index contributed by atoms with van der Waals surface area (Å²) in [5.74, 6) is 1.26. The van der Waals surface area contributed by atoms with Crippen molar-refractivity contribution in [2.45, 2.75) is 44.9 Å². The van der Waals surface area contributed by atoms with Gasteiger partial charge in [-0.05, 0) is 20.8 Å². The van der Waals surface area contributed by atoms with E-state index in [0.29, 0.717) is 17.4 Å². The Morgan fingerprint density at radius 1 is 1.37 bits per heavy atom. The van der Waals surface area contributed by atoms with Gasteiger partial charge in [0.1, 0.15) is 11.7 Å². The number of hydrogen-bond acceptors (Lipinski definition) is 8. The standard InChI is InChI=1S/C17H21ClN6O3/c1-17(2,3)27-16(25)24-9-12(7-20-24)26-11-4-10-6-19-15-13(23(10)8-11)5-14(18)21-22-15/h5,7,9-11H,4,6,8H2,1-3H3,(H,19,22)/t10-,11-/m1/s1. The molecule has 0 bridgehead atoms. The third-order valence-corrected chi connectivity index (χ3v) is 4.56. The van der Waals surface area contributed by atoms with Crippen molar-refractivity contribution in [1.82, 2.24) is 20.0 Å². The van der Waals surface area contributed by atoms with Crippen LogP contribution in [-0.2, 0) is 4.74 Å². The Kier molecular flexibility index (Phi) is 4.33. The first-order valence-electron chi connectivity index (χ1n) is 8.77. The molecule has 2 aliphatic rings. The summed E-state index contributed by atoms with van der Waals surface area (Å²) < 4.78 is 12.5. The number of nitrogens with zero attached hydrogens (tertiary/aromatic N) is 5. The summed E-state index contributed by atoms with van der Waals surface area (Å²) in [6.45, 7) is 6.88. The number of anilines is 2. The second-order valence-electron chi connectivity index (χ2n) is 7.66. The molecule has 2 aromatic heterocycles. The van der Waals surface area contributed by atoms with E-state index in [1.54, 1.807) is 6.20 Å². The van der Waals surface area contributed by atoms with Crippen LogP contribution in [0.3, 0.4) is 0 Å². The van der Waals surface area contributed by atoms with E-state index in [9.17, 15) is 4.79 Å². The van der Waals surface area contributed by atoms with Crippen molar-refractivity contribution in [3.63, 3.8) is 0 Å². The van der Waals surface area contributed by atoms with Gasteiger partial charge in [0, 0.05) is 19.0 Å². The topological polar surface area (TPSA) is 94.4 Å². The Morgan fingerprint density at radius 2 is 2.19 bits per heavy atom. The van der Waals surface area contributed by atoms with Crippen LogP contribution < -0.4 is 15.0 Å². The Morgan fingerprint density at radius 3 is 2.96 bits per heavy atom. The number of aromatic nitrogens is 4. The molecule has 0 radical (unpaired) electrons. The zero-order valence-corrected chi connectivity index (χ0v) is 16.1. The normalized spacial score (nSPS) is 21.3. The average molecular weight is 393 g/mol. The van der Waals surface area contributed by atoms with Crippen LogP contribution in [0.25, 0.3) is 0 Å². The van der Waals surface area contributed by atoms with Gasteiger partial charge in [0.25, 0.3) is 0 Å². The van der Waals surface area contributed by atoms with Crippen molar-refractivity contribution in [2.24, 2.45) is 0 Å². The van der Waals surface area contributed by atoms with Crippen molar-refractivity contribution in [1.29, 1.82) is 0 Å². The molecule has 9 nitrogen and oxygen atoms in total. The Balaban J connectivity index is 1.43. The van der Waals surface area contributed by atoms with Gasteiger partial charge >= 0.3 is 6.09 Å². The molecular formula is C17H21ClN6O3. The minimum atomic E-state index is -0.580. The minimum Gasteiger partial charge on any atom is -0.485 e. The van der Waals surface area contributed by atoms with Gasteiger partial charge in [-0.1, -0.05) is 11.6 Å². The van der Waals surface area contributed by atoms with E-state index in [-0.39, 0.29) is 12.1 Å². The van der Waals surface area contributed by atoms with Crippen molar-refractivity contribution >= 4 is 29.2 Å². The molecule has 2 aliphatic heterocycles. The fraction of sp³-hybridized carbons (Fsp3) is 0.529. The molecule has 0 aromatic carbocycles. The van der Waals surface area contributed by atoms with Gasteiger partial charge in [-0.2, -0.15) is 9.78 Å². The molecule has 1 saturated heterocycles. The zero-order valence-electron chi connectivity index (χ0n) is 15.3. The molecule has 0 saturated carbocycles. The fourth-order valence-electron chi connectivity index (χ4n) is 3.33. The lowest BCUT2D eigenvalue weighted by Crippen LogP contribution is -2.40. The maximum Gasteiger partial charge on any atom is 0.435 e. The van der Waals surface area contributed by atoms with E-state index in [0.717, 1.165) is 29.2 Å². The molecule has 1 fully saturated rings. The van der Waals surface area contributed by atoms with Crippen LogP contribution in [0, 0.1) is 0 Å². The van der Waals surface area contributed by atoms with Crippen LogP contribution in [-0.4, -0.2) is 56.9 Å². The predicted octanol–water partition coefficient (Wildman–Crippen LogP) is 2.56. The molecule has 144 valence electrons. The molecule has 1 N–H and O–H groups in total. The first-order valence-corrected chi connectivity index (χ1v) is 9.15. The summed E-state index contributed by atoms with van der Waals surface area (Å²) in [6, 6.07) is 2.09. The maximum absolute atomic E-state index is 12.1. The first-order chi connectivity index (χ1) is 12.8. The summed E-state index contributed by atoms with van der Waals surface area (Å²) in [5.41, 5.74) is 0.352. The zero-order chi connectivity index (χ0) is 19.2. The van der Waals surface area contributed by atoms with Crippen LogP contribution >= 0.6 is 11.6 Å². The van der Waals surface area contributed by atoms with Gasteiger partial charge in [-0.3, -0.25) is 0 Å². The SMILES string of the molecule is CC(C)(C)OC(=O)n1cc(O[C@@H]2C[C@@H]3CNc4nnc(Cl)cc4N3C2)cn1. The number of ether oxygens (including phenoxy) is 2.